The van der Waals surface area contributed by atoms with Crippen LogP contribution in [0.15, 0.2) is 42.5 Å². The molecule has 1 unspecified atom stereocenters. The molecule has 2 amide bonds. The van der Waals surface area contributed by atoms with Crippen LogP contribution in [0, 0.1) is 17.6 Å². The van der Waals surface area contributed by atoms with E-state index in [1.165, 1.54) is 34.9 Å². The molecule has 0 radical (unpaired) electrons. The summed E-state index contributed by atoms with van der Waals surface area (Å²) < 4.78 is 28.6. The fourth-order valence-electron chi connectivity index (χ4n) is 4.46. The second-order valence-electron chi connectivity index (χ2n) is 7.72. The minimum absolute atomic E-state index is 0.0170. The fourth-order valence-corrected chi connectivity index (χ4v) is 5.93. The van der Waals surface area contributed by atoms with Gasteiger partial charge in [0.15, 0.2) is 4.87 Å². The zero-order valence-electron chi connectivity index (χ0n) is 15.7. The maximum atomic E-state index is 14.3. The molecule has 1 saturated carbocycles. The van der Waals surface area contributed by atoms with Gasteiger partial charge in [-0.1, -0.05) is 30.7 Å². The molecule has 0 N–H and O–H groups in total. The summed E-state index contributed by atoms with van der Waals surface area (Å²) in [5.74, 6) is -1.01. The maximum absolute atomic E-state index is 14.3. The number of carbonyl (C=O) groups is 2. The fraction of sp³-hybridized carbons (Fsp3) is 0.364. The molecule has 4 nitrogen and oxygen atoms in total. The van der Waals surface area contributed by atoms with Crippen molar-refractivity contribution in [3.05, 3.63) is 65.2 Å². The van der Waals surface area contributed by atoms with E-state index >= 15 is 0 Å². The van der Waals surface area contributed by atoms with Crippen LogP contribution in [0.25, 0.3) is 0 Å². The summed E-state index contributed by atoms with van der Waals surface area (Å²) in [4.78, 5) is 28.9. The van der Waals surface area contributed by atoms with E-state index in [-0.39, 0.29) is 29.8 Å². The standard InChI is InChI=1S/C22H20F2N2O2S/c23-17-8-4-9-18(24)15(17)13-25-19-10-2-1-7-16(19)22(21(25)28)26(11-12-29-22)20(27)14-5-3-6-14/h1-2,4,7-10,14H,3,5-6,11-13H2. The van der Waals surface area contributed by atoms with Crippen molar-refractivity contribution in [2.24, 2.45) is 5.92 Å². The maximum Gasteiger partial charge on any atom is 0.268 e. The summed E-state index contributed by atoms with van der Waals surface area (Å²) in [5, 5.41) is 0. The number of hydrogen-bond acceptors (Lipinski definition) is 3. The summed E-state index contributed by atoms with van der Waals surface area (Å²) in [5.41, 5.74) is 1.20. The summed E-state index contributed by atoms with van der Waals surface area (Å²) in [7, 11) is 0. The molecule has 5 rings (SSSR count). The molecule has 1 aliphatic carbocycles. The zero-order chi connectivity index (χ0) is 20.2. The van der Waals surface area contributed by atoms with Gasteiger partial charge < -0.3 is 9.80 Å². The lowest BCUT2D eigenvalue weighted by Crippen LogP contribution is -2.52. The van der Waals surface area contributed by atoms with E-state index in [2.05, 4.69) is 0 Å². The topological polar surface area (TPSA) is 40.6 Å². The molecule has 150 valence electrons. The van der Waals surface area contributed by atoms with Gasteiger partial charge in [-0.05, 0) is 31.0 Å². The van der Waals surface area contributed by atoms with Crippen LogP contribution in [0.4, 0.5) is 14.5 Å². The molecule has 2 fully saturated rings. The van der Waals surface area contributed by atoms with Gasteiger partial charge in [0.2, 0.25) is 5.91 Å². The van der Waals surface area contributed by atoms with E-state index in [0.717, 1.165) is 24.8 Å². The Morgan fingerprint density at radius 3 is 2.52 bits per heavy atom. The largest absolute Gasteiger partial charge is 0.315 e. The van der Waals surface area contributed by atoms with Gasteiger partial charge in [-0.25, -0.2) is 8.78 Å². The van der Waals surface area contributed by atoms with Gasteiger partial charge in [0, 0.05) is 29.3 Å². The molecule has 1 spiro atoms. The average molecular weight is 414 g/mol. The predicted molar refractivity (Wildman–Crippen MR) is 107 cm³/mol. The summed E-state index contributed by atoms with van der Waals surface area (Å²) in [6.07, 6.45) is 2.75. The molecule has 1 atom stereocenters. The molecule has 29 heavy (non-hydrogen) atoms. The number of carbonyl (C=O) groups excluding carboxylic acids is 2. The third kappa shape index (κ3) is 2.63. The number of fused-ring (bicyclic) bond motifs is 2. The van der Waals surface area contributed by atoms with Gasteiger partial charge in [0.25, 0.3) is 5.91 Å². The van der Waals surface area contributed by atoms with Crippen molar-refractivity contribution in [2.75, 3.05) is 17.2 Å². The first-order valence-corrected chi connectivity index (χ1v) is 10.8. The average Bonchev–Trinajstić information content (AvgIpc) is 3.20. The van der Waals surface area contributed by atoms with E-state index in [4.69, 9.17) is 0 Å². The third-order valence-corrected chi connectivity index (χ3v) is 7.62. The van der Waals surface area contributed by atoms with Crippen LogP contribution in [0.5, 0.6) is 0 Å². The Kier molecular flexibility index (Phi) is 4.38. The van der Waals surface area contributed by atoms with E-state index in [9.17, 15) is 18.4 Å². The van der Waals surface area contributed by atoms with Gasteiger partial charge in [-0.15, -0.1) is 11.8 Å². The summed E-state index contributed by atoms with van der Waals surface area (Å²) >= 11 is 1.44. The Bertz CT molecular complexity index is 990. The lowest BCUT2D eigenvalue weighted by Gasteiger charge is -2.37. The molecule has 1 saturated heterocycles. The molecule has 2 aromatic rings. The second kappa shape index (κ2) is 6.83. The lowest BCUT2D eigenvalue weighted by molar-refractivity contribution is -0.145. The Labute approximate surface area is 171 Å². The van der Waals surface area contributed by atoms with Crippen LogP contribution >= 0.6 is 11.8 Å². The molecule has 7 heteroatoms. The summed E-state index contributed by atoms with van der Waals surface area (Å²) in [6.45, 7) is 0.296. The minimum atomic E-state index is -1.13. The third-order valence-electron chi connectivity index (χ3n) is 6.20. The number of thioether (sulfide) groups is 1. The molecule has 2 heterocycles. The van der Waals surface area contributed by atoms with Crippen LogP contribution in [-0.2, 0) is 21.0 Å². The first-order chi connectivity index (χ1) is 14.0. The van der Waals surface area contributed by atoms with E-state index < -0.39 is 16.5 Å². The van der Waals surface area contributed by atoms with Gasteiger partial charge in [-0.3, -0.25) is 9.59 Å². The van der Waals surface area contributed by atoms with Crippen LogP contribution in [0.3, 0.4) is 0 Å². The van der Waals surface area contributed by atoms with Crippen molar-refractivity contribution in [2.45, 2.75) is 30.7 Å². The molecule has 0 bridgehead atoms. The number of anilines is 1. The van der Waals surface area contributed by atoms with E-state index in [1.807, 2.05) is 12.1 Å². The highest BCUT2D eigenvalue weighted by Gasteiger charge is 2.60. The monoisotopic (exact) mass is 414 g/mol. The molecule has 3 aliphatic rings. The Hall–Kier alpha value is -2.41. The Morgan fingerprint density at radius 1 is 1.10 bits per heavy atom. The van der Waals surface area contributed by atoms with Crippen LogP contribution in [0.2, 0.25) is 0 Å². The minimum Gasteiger partial charge on any atom is -0.315 e. The molecule has 0 aromatic heterocycles. The quantitative estimate of drug-likeness (QED) is 0.761. The van der Waals surface area contributed by atoms with Crippen LogP contribution in [-0.4, -0.2) is 29.0 Å². The van der Waals surface area contributed by atoms with Gasteiger partial charge in [-0.2, -0.15) is 0 Å². The number of halogens is 2. The van der Waals surface area contributed by atoms with Gasteiger partial charge >= 0.3 is 0 Å². The molecule has 2 aromatic carbocycles. The number of amides is 2. The lowest BCUT2D eigenvalue weighted by atomic mass is 9.84. The summed E-state index contributed by atoms with van der Waals surface area (Å²) in [6, 6.07) is 11.0. The molecular formula is C22H20F2N2O2S. The van der Waals surface area contributed by atoms with E-state index in [0.29, 0.717) is 18.0 Å². The van der Waals surface area contributed by atoms with E-state index in [1.54, 1.807) is 17.0 Å². The van der Waals surface area contributed by atoms with Crippen molar-refractivity contribution in [3.63, 3.8) is 0 Å². The highest BCUT2D eigenvalue weighted by molar-refractivity contribution is 8.01. The van der Waals surface area contributed by atoms with Crippen molar-refractivity contribution in [1.82, 2.24) is 4.90 Å². The smallest absolute Gasteiger partial charge is 0.268 e. The van der Waals surface area contributed by atoms with Crippen molar-refractivity contribution >= 4 is 29.3 Å². The highest BCUT2D eigenvalue weighted by Crippen LogP contribution is 2.55. The first kappa shape index (κ1) is 18.6. The number of hydrogen-bond donors (Lipinski definition) is 0. The second-order valence-corrected chi connectivity index (χ2v) is 9.01. The molecule has 2 aliphatic heterocycles. The number of rotatable bonds is 3. The zero-order valence-corrected chi connectivity index (χ0v) is 16.6. The van der Waals surface area contributed by atoms with Crippen LogP contribution in [0.1, 0.15) is 30.4 Å². The predicted octanol–water partition coefficient (Wildman–Crippen LogP) is 4.04. The normalized spacial score (nSPS) is 23.6. The number of para-hydroxylation sites is 1. The van der Waals surface area contributed by atoms with Gasteiger partial charge in [0.05, 0.1) is 12.2 Å². The van der Waals surface area contributed by atoms with Crippen molar-refractivity contribution in [3.8, 4) is 0 Å². The van der Waals surface area contributed by atoms with Crippen LogP contribution < -0.4 is 4.90 Å². The van der Waals surface area contributed by atoms with Gasteiger partial charge in [0.1, 0.15) is 11.6 Å². The number of benzene rings is 2. The Morgan fingerprint density at radius 2 is 1.83 bits per heavy atom. The first-order valence-electron chi connectivity index (χ1n) is 9.84. The highest BCUT2D eigenvalue weighted by atomic mass is 32.2. The van der Waals surface area contributed by atoms with Crippen molar-refractivity contribution < 1.29 is 18.4 Å². The Balaban J connectivity index is 1.58. The number of nitrogens with zero attached hydrogens (tertiary/aromatic N) is 2. The SMILES string of the molecule is O=C(C1CCC1)N1CCSC12C(=O)N(Cc1c(F)cccc1F)c1ccccc12. The van der Waals surface area contributed by atoms with Crippen molar-refractivity contribution in [1.29, 1.82) is 0 Å². The molecular weight excluding hydrogens is 394 g/mol.